The number of urea groups is 1. The molecule has 132 valence electrons. The van der Waals surface area contributed by atoms with E-state index in [9.17, 15) is 13.2 Å². The molecule has 1 heterocycles. The lowest BCUT2D eigenvalue weighted by molar-refractivity contribution is 0.248. The van der Waals surface area contributed by atoms with Gasteiger partial charge in [0.2, 0.25) is 0 Å². The molecule has 3 rings (SSSR count). The van der Waals surface area contributed by atoms with E-state index in [0.717, 1.165) is 16.8 Å². The summed E-state index contributed by atoms with van der Waals surface area (Å²) in [7, 11) is -2.14. The molecule has 2 aromatic carbocycles. The lowest BCUT2D eigenvalue weighted by Crippen LogP contribution is -2.36. The van der Waals surface area contributed by atoms with Gasteiger partial charge in [0.15, 0.2) is 0 Å². The number of halogens is 1. The van der Waals surface area contributed by atoms with Gasteiger partial charge in [0.1, 0.15) is 0 Å². The number of carbonyl (C=O) groups excluding carboxylic acids is 1. The van der Waals surface area contributed by atoms with E-state index in [2.05, 4.69) is 26.0 Å². The molecule has 2 amide bonds. The second-order valence-electron chi connectivity index (χ2n) is 5.84. The Bertz CT molecular complexity index is 944. The van der Waals surface area contributed by atoms with Crippen LogP contribution in [0, 0.1) is 6.92 Å². The molecule has 0 saturated heterocycles. The number of aryl methyl sites for hydroxylation is 1. The van der Waals surface area contributed by atoms with E-state index in [-0.39, 0.29) is 10.9 Å². The predicted molar refractivity (Wildman–Crippen MR) is 102 cm³/mol. The maximum atomic E-state index is 12.7. The standard InChI is InChI=1S/C17H18BrN3O3S/c1-11-3-5-15(14(18)9-11)20-25(23,24)13-4-6-16-12(10-13)7-8-21(16)17(22)19-2/h3-6,9-10,20H,7-8H2,1-2H3,(H,19,22). The van der Waals surface area contributed by atoms with Gasteiger partial charge in [-0.1, -0.05) is 6.07 Å². The molecule has 2 aromatic rings. The highest BCUT2D eigenvalue weighted by Gasteiger charge is 2.26. The van der Waals surface area contributed by atoms with Crippen molar-refractivity contribution in [2.24, 2.45) is 0 Å². The van der Waals surface area contributed by atoms with Crippen LogP contribution in [0.25, 0.3) is 0 Å². The van der Waals surface area contributed by atoms with Crippen LogP contribution in [0.2, 0.25) is 0 Å². The summed E-state index contributed by atoms with van der Waals surface area (Å²) >= 11 is 3.38. The third-order valence-corrected chi connectivity index (χ3v) is 6.10. The van der Waals surface area contributed by atoms with Gasteiger partial charge in [0.25, 0.3) is 10.0 Å². The van der Waals surface area contributed by atoms with Gasteiger partial charge in [0, 0.05) is 23.8 Å². The molecule has 0 saturated carbocycles. The number of hydrogen-bond donors (Lipinski definition) is 2. The SMILES string of the molecule is CNC(=O)N1CCc2cc(S(=O)(=O)Nc3ccc(C)cc3Br)ccc21. The van der Waals surface area contributed by atoms with Gasteiger partial charge in [-0.05, 0) is 70.7 Å². The molecule has 25 heavy (non-hydrogen) atoms. The largest absolute Gasteiger partial charge is 0.341 e. The number of sulfonamides is 1. The predicted octanol–water partition coefficient (Wildman–Crippen LogP) is 3.26. The van der Waals surface area contributed by atoms with Crippen LogP contribution in [0.1, 0.15) is 11.1 Å². The first-order valence-corrected chi connectivity index (χ1v) is 10.0. The molecule has 2 N–H and O–H groups in total. The van der Waals surface area contributed by atoms with Crippen LogP contribution in [0.3, 0.4) is 0 Å². The fourth-order valence-electron chi connectivity index (χ4n) is 2.80. The third-order valence-electron chi connectivity index (χ3n) is 4.08. The second-order valence-corrected chi connectivity index (χ2v) is 8.37. The van der Waals surface area contributed by atoms with Gasteiger partial charge in [-0.3, -0.25) is 9.62 Å². The molecule has 0 atom stereocenters. The molecule has 0 radical (unpaired) electrons. The Labute approximate surface area is 155 Å². The highest BCUT2D eigenvalue weighted by Crippen LogP contribution is 2.31. The van der Waals surface area contributed by atoms with Crippen LogP contribution in [0.5, 0.6) is 0 Å². The van der Waals surface area contributed by atoms with Crippen molar-refractivity contribution in [2.75, 3.05) is 23.2 Å². The smallest absolute Gasteiger partial charge is 0.321 e. The summed E-state index contributed by atoms with van der Waals surface area (Å²) in [6, 6.07) is 10.0. The molecule has 0 spiro atoms. The Balaban J connectivity index is 1.90. The quantitative estimate of drug-likeness (QED) is 0.794. The number of rotatable bonds is 3. The van der Waals surface area contributed by atoms with Gasteiger partial charge >= 0.3 is 6.03 Å². The lowest BCUT2D eigenvalue weighted by Gasteiger charge is -2.17. The van der Waals surface area contributed by atoms with Crippen LogP contribution >= 0.6 is 15.9 Å². The monoisotopic (exact) mass is 423 g/mol. The molecular formula is C17H18BrN3O3S. The number of anilines is 2. The number of amides is 2. The molecule has 8 heteroatoms. The number of hydrogen-bond acceptors (Lipinski definition) is 3. The molecular weight excluding hydrogens is 406 g/mol. The van der Waals surface area contributed by atoms with Crippen molar-refractivity contribution in [3.8, 4) is 0 Å². The van der Waals surface area contributed by atoms with E-state index in [1.807, 2.05) is 19.1 Å². The first-order valence-electron chi connectivity index (χ1n) is 7.73. The average Bonchev–Trinajstić information content (AvgIpc) is 3.00. The first-order chi connectivity index (χ1) is 11.8. The van der Waals surface area contributed by atoms with Crippen molar-refractivity contribution < 1.29 is 13.2 Å². The fourth-order valence-corrected chi connectivity index (χ4v) is 4.65. The maximum absolute atomic E-state index is 12.7. The number of benzene rings is 2. The number of nitrogens with zero attached hydrogens (tertiary/aromatic N) is 1. The van der Waals surface area contributed by atoms with E-state index >= 15 is 0 Å². The fraction of sp³-hybridized carbons (Fsp3) is 0.235. The Hall–Kier alpha value is -2.06. The summed E-state index contributed by atoms with van der Waals surface area (Å²) in [6.45, 7) is 2.47. The Morgan fingerprint density at radius 1 is 1.20 bits per heavy atom. The summed E-state index contributed by atoms with van der Waals surface area (Å²) in [5.41, 5.74) is 3.10. The minimum atomic E-state index is -3.71. The van der Waals surface area contributed by atoms with E-state index in [1.165, 1.54) is 6.07 Å². The zero-order chi connectivity index (χ0) is 18.2. The van der Waals surface area contributed by atoms with Gasteiger partial charge < -0.3 is 5.32 Å². The van der Waals surface area contributed by atoms with E-state index in [0.29, 0.717) is 23.1 Å². The van der Waals surface area contributed by atoms with Crippen LogP contribution in [0.4, 0.5) is 16.2 Å². The molecule has 6 nitrogen and oxygen atoms in total. The normalized spacial score (nSPS) is 13.5. The summed E-state index contributed by atoms with van der Waals surface area (Å²) in [6.07, 6.45) is 0.625. The molecule has 0 aromatic heterocycles. The third kappa shape index (κ3) is 3.50. The summed E-state index contributed by atoms with van der Waals surface area (Å²) < 4.78 is 28.7. The number of fused-ring (bicyclic) bond motifs is 1. The Morgan fingerprint density at radius 2 is 1.96 bits per heavy atom. The first kappa shape index (κ1) is 17.8. The van der Waals surface area contributed by atoms with E-state index in [1.54, 1.807) is 30.1 Å². The zero-order valence-electron chi connectivity index (χ0n) is 13.8. The van der Waals surface area contributed by atoms with Crippen molar-refractivity contribution in [1.29, 1.82) is 0 Å². The van der Waals surface area contributed by atoms with E-state index in [4.69, 9.17) is 0 Å². The summed E-state index contributed by atoms with van der Waals surface area (Å²) in [5.74, 6) is 0. The van der Waals surface area contributed by atoms with Crippen molar-refractivity contribution >= 4 is 43.4 Å². The van der Waals surface area contributed by atoms with Crippen LogP contribution < -0.4 is 14.9 Å². The Morgan fingerprint density at radius 3 is 2.64 bits per heavy atom. The molecule has 1 aliphatic heterocycles. The molecule has 0 fully saturated rings. The van der Waals surface area contributed by atoms with E-state index < -0.39 is 10.0 Å². The molecule has 0 bridgehead atoms. The topological polar surface area (TPSA) is 78.5 Å². The van der Waals surface area contributed by atoms with Crippen molar-refractivity contribution in [3.63, 3.8) is 0 Å². The molecule has 0 aliphatic carbocycles. The van der Waals surface area contributed by atoms with Gasteiger partial charge in [-0.25, -0.2) is 13.2 Å². The van der Waals surface area contributed by atoms with Crippen molar-refractivity contribution in [3.05, 3.63) is 52.0 Å². The zero-order valence-corrected chi connectivity index (χ0v) is 16.2. The summed E-state index contributed by atoms with van der Waals surface area (Å²) in [5, 5.41) is 2.59. The van der Waals surface area contributed by atoms with Crippen molar-refractivity contribution in [2.45, 2.75) is 18.2 Å². The molecule has 1 aliphatic rings. The number of carbonyl (C=O) groups is 1. The summed E-state index contributed by atoms with van der Waals surface area (Å²) in [4.78, 5) is 13.6. The Kier molecular flexibility index (Phi) is 4.75. The minimum Gasteiger partial charge on any atom is -0.341 e. The number of nitrogens with one attached hydrogen (secondary N) is 2. The molecule has 0 unspecified atom stereocenters. The minimum absolute atomic E-state index is 0.178. The second kappa shape index (κ2) is 6.68. The lowest BCUT2D eigenvalue weighted by atomic mass is 10.2. The van der Waals surface area contributed by atoms with Gasteiger partial charge in [-0.2, -0.15) is 0 Å². The van der Waals surface area contributed by atoms with Crippen LogP contribution in [0.15, 0.2) is 45.8 Å². The highest BCUT2D eigenvalue weighted by atomic mass is 79.9. The highest BCUT2D eigenvalue weighted by molar-refractivity contribution is 9.10. The van der Waals surface area contributed by atoms with Crippen LogP contribution in [-0.4, -0.2) is 28.0 Å². The average molecular weight is 424 g/mol. The maximum Gasteiger partial charge on any atom is 0.321 e. The van der Waals surface area contributed by atoms with Crippen LogP contribution in [-0.2, 0) is 16.4 Å². The van der Waals surface area contributed by atoms with Gasteiger partial charge in [0.05, 0.1) is 10.6 Å². The van der Waals surface area contributed by atoms with Gasteiger partial charge in [-0.15, -0.1) is 0 Å². The van der Waals surface area contributed by atoms with Crippen molar-refractivity contribution in [1.82, 2.24) is 5.32 Å².